The first-order valence-corrected chi connectivity index (χ1v) is 7.50. The summed E-state index contributed by atoms with van der Waals surface area (Å²) in [5, 5.41) is 3.32. The lowest BCUT2D eigenvalue weighted by Gasteiger charge is -2.26. The van der Waals surface area contributed by atoms with Gasteiger partial charge in [-0.15, -0.1) is 0 Å². The number of nitrogens with one attached hydrogen (secondary N) is 1. The molecule has 0 radical (unpaired) electrons. The average Bonchev–Trinajstić information content (AvgIpc) is 2.34. The van der Waals surface area contributed by atoms with Crippen LogP contribution in [-0.4, -0.2) is 22.1 Å². The number of nitrogens with zero attached hydrogens (tertiary/aromatic N) is 2. The maximum atomic E-state index is 6.02. The molecule has 0 saturated carbocycles. The highest BCUT2D eigenvalue weighted by Gasteiger charge is 2.22. The van der Waals surface area contributed by atoms with E-state index in [-0.39, 0.29) is 11.0 Å². The van der Waals surface area contributed by atoms with Gasteiger partial charge in [0.2, 0.25) is 5.88 Å². The maximum Gasteiger partial charge on any atom is 0.219 e. The Bertz CT molecular complexity index is 436. The van der Waals surface area contributed by atoms with E-state index in [2.05, 4.69) is 63.8 Å². The zero-order chi connectivity index (χ0) is 15.4. The molecule has 0 fully saturated rings. The van der Waals surface area contributed by atoms with Crippen molar-refractivity contribution in [3.8, 4) is 5.88 Å². The highest BCUT2D eigenvalue weighted by atomic mass is 16.5. The van der Waals surface area contributed by atoms with E-state index in [4.69, 9.17) is 4.74 Å². The van der Waals surface area contributed by atoms with Crippen molar-refractivity contribution in [3.05, 3.63) is 11.9 Å². The van der Waals surface area contributed by atoms with Crippen LogP contribution in [0.5, 0.6) is 5.88 Å². The molecule has 0 aromatic carbocycles. The Kier molecular flexibility index (Phi) is 5.37. The molecule has 1 aromatic rings. The lowest BCUT2D eigenvalue weighted by Crippen LogP contribution is -2.28. The molecule has 0 aliphatic carbocycles. The summed E-state index contributed by atoms with van der Waals surface area (Å²) in [7, 11) is 0. The Morgan fingerprint density at radius 3 is 2.25 bits per heavy atom. The van der Waals surface area contributed by atoms with E-state index in [1.54, 1.807) is 0 Å². The third-order valence-corrected chi connectivity index (χ3v) is 3.16. The average molecular weight is 279 g/mol. The predicted molar refractivity (Wildman–Crippen MR) is 84.5 cm³/mol. The Morgan fingerprint density at radius 1 is 1.10 bits per heavy atom. The molecule has 20 heavy (non-hydrogen) atoms. The number of aromatic nitrogens is 2. The van der Waals surface area contributed by atoms with E-state index < -0.39 is 0 Å². The van der Waals surface area contributed by atoms with Crippen LogP contribution in [0.3, 0.4) is 0 Å². The van der Waals surface area contributed by atoms with Crippen LogP contribution in [0.2, 0.25) is 0 Å². The molecule has 0 saturated heterocycles. The minimum atomic E-state index is -0.217. The lowest BCUT2D eigenvalue weighted by atomic mass is 9.96. The van der Waals surface area contributed by atoms with Crippen molar-refractivity contribution in [2.45, 2.75) is 72.3 Å². The molecule has 1 N–H and O–H groups in total. The van der Waals surface area contributed by atoms with E-state index in [9.17, 15) is 0 Å². The monoisotopic (exact) mass is 279 g/mol. The summed E-state index contributed by atoms with van der Waals surface area (Å²) >= 11 is 0. The third-order valence-electron chi connectivity index (χ3n) is 3.16. The van der Waals surface area contributed by atoms with E-state index in [0.717, 1.165) is 31.0 Å². The molecular weight excluding hydrogens is 250 g/mol. The summed E-state index contributed by atoms with van der Waals surface area (Å²) in [6.45, 7) is 15.6. The first kappa shape index (κ1) is 16.7. The summed E-state index contributed by atoms with van der Waals surface area (Å²) in [4.78, 5) is 9.17. The van der Waals surface area contributed by atoms with Gasteiger partial charge in [0.1, 0.15) is 17.2 Å². The van der Waals surface area contributed by atoms with Gasteiger partial charge in [0, 0.05) is 18.0 Å². The summed E-state index contributed by atoms with van der Waals surface area (Å²) in [6.07, 6.45) is 1.99. The highest BCUT2D eigenvalue weighted by molar-refractivity contribution is 5.39. The van der Waals surface area contributed by atoms with Crippen LogP contribution in [0.4, 0.5) is 5.82 Å². The van der Waals surface area contributed by atoms with Gasteiger partial charge in [-0.05, 0) is 26.7 Å². The molecule has 0 bridgehead atoms. The van der Waals surface area contributed by atoms with Crippen LogP contribution < -0.4 is 10.1 Å². The van der Waals surface area contributed by atoms with Crippen molar-refractivity contribution in [1.29, 1.82) is 0 Å². The third kappa shape index (κ3) is 4.99. The molecule has 1 heterocycles. The van der Waals surface area contributed by atoms with Crippen LogP contribution in [-0.2, 0) is 5.41 Å². The van der Waals surface area contributed by atoms with Crippen molar-refractivity contribution in [2.75, 3.05) is 11.9 Å². The van der Waals surface area contributed by atoms with Gasteiger partial charge in [-0.1, -0.05) is 34.6 Å². The first-order chi connectivity index (χ1) is 9.18. The molecule has 114 valence electrons. The van der Waals surface area contributed by atoms with E-state index in [1.807, 2.05) is 6.07 Å². The van der Waals surface area contributed by atoms with Gasteiger partial charge < -0.3 is 10.1 Å². The summed E-state index contributed by atoms with van der Waals surface area (Å²) in [5.41, 5.74) is -0.316. The second-order valence-electron chi connectivity index (χ2n) is 6.81. The maximum absolute atomic E-state index is 6.02. The Balaban J connectivity index is 3.10. The number of hydrogen-bond donors (Lipinski definition) is 1. The first-order valence-electron chi connectivity index (χ1n) is 7.50. The smallest absolute Gasteiger partial charge is 0.219 e. The minimum Gasteiger partial charge on any atom is -0.472 e. The minimum absolute atomic E-state index is 0.0988. The largest absolute Gasteiger partial charge is 0.472 e. The fraction of sp³-hybridized carbons (Fsp3) is 0.750. The molecule has 4 nitrogen and oxygen atoms in total. The molecule has 0 amide bonds. The van der Waals surface area contributed by atoms with E-state index in [0.29, 0.717) is 5.88 Å². The van der Waals surface area contributed by atoms with Crippen molar-refractivity contribution >= 4 is 5.82 Å². The fourth-order valence-electron chi connectivity index (χ4n) is 1.51. The lowest BCUT2D eigenvalue weighted by molar-refractivity contribution is 0.0982. The van der Waals surface area contributed by atoms with Gasteiger partial charge in [0.05, 0.1) is 0 Å². The fourth-order valence-corrected chi connectivity index (χ4v) is 1.51. The molecular formula is C16H29N3O. The molecule has 0 spiro atoms. The second-order valence-corrected chi connectivity index (χ2v) is 6.81. The van der Waals surface area contributed by atoms with Crippen molar-refractivity contribution in [3.63, 3.8) is 0 Å². The van der Waals surface area contributed by atoms with Crippen molar-refractivity contribution in [2.24, 2.45) is 0 Å². The molecule has 0 atom stereocenters. The zero-order valence-corrected chi connectivity index (χ0v) is 14.0. The quantitative estimate of drug-likeness (QED) is 0.849. The van der Waals surface area contributed by atoms with Gasteiger partial charge in [-0.2, -0.15) is 4.98 Å². The van der Waals surface area contributed by atoms with Gasteiger partial charge >= 0.3 is 0 Å². The van der Waals surface area contributed by atoms with Gasteiger partial charge in [-0.25, -0.2) is 4.98 Å². The summed E-state index contributed by atoms with van der Waals surface area (Å²) < 4.78 is 6.02. The standard InChI is InChI=1S/C16H29N3O/c1-8-10-17-12-11-13(20-16(6,7)9-2)19-14(18-12)15(3,4)5/h11H,8-10H2,1-7H3,(H,17,18,19). The molecule has 1 aromatic heterocycles. The van der Waals surface area contributed by atoms with E-state index in [1.165, 1.54) is 0 Å². The van der Waals surface area contributed by atoms with Crippen LogP contribution in [0, 0.1) is 0 Å². The topological polar surface area (TPSA) is 47.0 Å². The van der Waals surface area contributed by atoms with E-state index >= 15 is 0 Å². The summed E-state index contributed by atoms with van der Waals surface area (Å²) in [5.74, 6) is 2.30. The Morgan fingerprint density at radius 2 is 1.75 bits per heavy atom. The molecule has 0 aliphatic heterocycles. The van der Waals surface area contributed by atoms with Gasteiger partial charge in [0.15, 0.2) is 0 Å². The number of anilines is 1. The highest BCUT2D eigenvalue weighted by Crippen LogP contribution is 2.26. The summed E-state index contributed by atoms with van der Waals surface area (Å²) in [6, 6.07) is 1.89. The Labute approximate surface area is 123 Å². The predicted octanol–water partition coefficient (Wildman–Crippen LogP) is 4.16. The van der Waals surface area contributed by atoms with Crippen LogP contribution in [0.1, 0.15) is 67.1 Å². The normalized spacial score (nSPS) is 12.3. The van der Waals surface area contributed by atoms with Gasteiger partial charge in [-0.3, -0.25) is 0 Å². The molecule has 1 rings (SSSR count). The van der Waals surface area contributed by atoms with Crippen molar-refractivity contribution < 1.29 is 4.74 Å². The number of rotatable bonds is 6. The second kappa shape index (κ2) is 6.42. The number of hydrogen-bond acceptors (Lipinski definition) is 4. The molecule has 0 aliphatic rings. The molecule has 4 heteroatoms. The SMILES string of the molecule is CCCNc1cc(OC(C)(C)CC)nc(C(C)(C)C)n1. The van der Waals surface area contributed by atoms with Crippen LogP contribution >= 0.6 is 0 Å². The van der Waals surface area contributed by atoms with Crippen molar-refractivity contribution in [1.82, 2.24) is 9.97 Å². The Hall–Kier alpha value is -1.32. The van der Waals surface area contributed by atoms with Crippen LogP contribution in [0.25, 0.3) is 0 Å². The number of ether oxygens (including phenoxy) is 1. The zero-order valence-electron chi connectivity index (χ0n) is 14.0. The molecule has 0 unspecified atom stereocenters. The van der Waals surface area contributed by atoms with Crippen LogP contribution in [0.15, 0.2) is 6.07 Å². The van der Waals surface area contributed by atoms with Gasteiger partial charge in [0.25, 0.3) is 0 Å².